The summed E-state index contributed by atoms with van der Waals surface area (Å²) in [5.41, 5.74) is -0.890. The molecule has 0 aromatic heterocycles. The lowest BCUT2D eigenvalue weighted by atomic mass is 10.1. The third-order valence-electron chi connectivity index (χ3n) is 1.76. The quantitative estimate of drug-likeness (QED) is 0.665. The Morgan fingerprint density at radius 1 is 1.40 bits per heavy atom. The molecule has 0 aliphatic heterocycles. The van der Waals surface area contributed by atoms with Crippen LogP contribution in [0.4, 0.5) is 0 Å². The van der Waals surface area contributed by atoms with Crippen LogP contribution in [0.25, 0.3) is 0 Å². The van der Waals surface area contributed by atoms with Crippen molar-refractivity contribution >= 4 is 11.8 Å². The molecular formula is C10H20N2O3. The Balaban J connectivity index is 3.85. The van der Waals surface area contributed by atoms with Gasteiger partial charge in [-0.05, 0) is 13.8 Å². The van der Waals surface area contributed by atoms with Crippen LogP contribution in [0.15, 0.2) is 0 Å². The highest BCUT2D eigenvalue weighted by molar-refractivity contribution is 5.77. The maximum atomic E-state index is 11.5. The molecule has 0 aromatic rings. The molecule has 0 aliphatic carbocycles. The molecule has 2 amide bonds. The van der Waals surface area contributed by atoms with E-state index in [1.54, 1.807) is 20.9 Å². The largest absolute Gasteiger partial charge is 0.389 e. The van der Waals surface area contributed by atoms with Crippen LogP contribution < -0.4 is 5.32 Å². The second kappa shape index (κ2) is 5.70. The van der Waals surface area contributed by atoms with Crippen molar-refractivity contribution in [3.8, 4) is 0 Å². The summed E-state index contributed by atoms with van der Waals surface area (Å²) < 4.78 is 0. The molecule has 88 valence electrons. The fourth-order valence-electron chi connectivity index (χ4n) is 1.20. The van der Waals surface area contributed by atoms with Crippen molar-refractivity contribution in [2.75, 3.05) is 20.1 Å². The third kappa shape index (κ3) is 7.93. The van der Waals surface area contributed by atoms with E-state index in [-0.39, 0.29) is 24.8 Å². The second-order valence-electron chi connectivity index (χ2n) is 4.30. The molecule has 0 rings (SSSR count). The summed E-state index contributed by atoms with van der Waals surface area (Å²) in [6.45, 7) is 5.32. The minimum atomic E-state index is -0.890. The molecule has 0 saturated carbocycles. The van der Waals surface area contributed by atoms with E-state index in [1.165, 1.54) is 11.8 Å². The zero-order chi connectivity index (χ0) is 12.1. The topological polar surface area (TPSA) is 69.6 Å². The minimum Gasteiger partial charge on any atom is -0.389 e. The van der Waals surface area contributed by atoms with Crippen LogP contribution >= 0.6 is 0 Å². The molecule has 0 spiro atoms. The molecule has 5 heteroatoms. The van der Waals surface area contributed by atoms with Crippen LogP contribution in [0, 0.1) is 0 Å². The van der Waals surface area contributed by atoms with Crippen molar-refractivity contribution in [3.05, 3.63) is 0 Å². The van der Waals surface area contributed by atoms with Crippen LogP contribution in [0.1, 0.15) is 27.2 Å². The number of nitrogens with one attached hydrogen (secondary N) is 1. The van der Waals surface area contributed by atoms with Crippen molar-refractivity contribution in [2.45, 2.75) is 32.8 Å². The number of likely N-dealkylation sites (N-methyl/N-ethyl adjacent to an activating group) is 1. The predicted molar refractivity (Wildman–Crippen MR) is 57.2 cm³/mol. The Labute approximate surface area is 90.5 Å². The van der Waals surface area contributed by atoms with E-state index in [0.29, 0.717) is 6.54 Å². The lowest BCUT2D eigenvalue weighted by Crippen LogP contribution is -2.40. The minimum absolute atomic E-state index is 0.0918. The summed E-state index contributed by atoms with van der Waals surface area (Å²) in [7, 11) is 1.63. The van der Waals surface area contributed by atoms with Gasteiger partial charge < -0.3 is 15.3 Å². The van der Waals surface area contributed by atoms with Gasteiger partial charge in [0.2, 0.25) is 11.8 Å². The molecule has 0 heterocycles. The molecule has 5 nitrogen and oxygen atoms in total. The maximum Gasteiger partial charge on any atom is 0.224 e. The van der Waals surface area contributed by atoms with E-state index < -0.39 is 5.60 Å². The number of nitrogens with zero attached hydrogens (tertiary/aromatic N) is 1. The first-order valence-electron chi connectivity index (χ1n) is 4.93. The smallest absolute Gasteiger partial charge is 0.224 e. The SMILES string of the molecule is CC(=O)NCCC(=O)N(C)CC(C)(C)O. The molecule has 0 fully saturated rings. The predicted octanol–water partition coefficient (Wildman–Crippen LogP) is -0.258. The molecule has 0 bridgehead atoms. The monoisotopic (exact) mass is 216 g/mol. The lowest BCUT2D eigenvalue weighted by molar-refractivity contribution is -0.132. The first-order chi connectivity index (χ1) is 6.72. The van der Waals surface area contributed by atoms with E-state index >= 15 is 0 Å². The van der Waals surface area contributed by atoms with Gasteiger partial charge in [-0.2, -0.15) is 0 Å². The molecule has 0 radical (unpaired) electrons. The van der Waals surface area contributed by atoms with Crippen LogP contribution in [-0.4, -0.2) is 47.6 Å². The molecular weight excluding hydrogens is 196 g/mol. The number of amides is 2. The highest BCUT2D eigenvalue weighted by atomic mass is 16.3. The van der Waals surface area contributed by atoms with Gasteiger partial charge in [0.05, 0.1) is 5.60 Å². The van der Waals surface area contributed by atoms with Crippen molar-refractivity contribution in [1.29, 1.82) is 0 Å². The Kier molecular flexibility index (Phi) is 5.28. The van der Waals surface area contributed by atoms with Crippen molar-refractivity contribution < 1.29 is 14.7 Å². The van der Waals surface area contributed by atoms with Crippen LogP contribution in [-0.2, 0) is 9.59 Å². The van der Waals surface area contributed by atoms with Gasteiger partial charge in [0.15, 0.2) is 0 Å². The van der Waals surface area contributed by atoms with Gasteiger partial charge in [0.25, 0.3) is 0 Å². The van der Waals surface area contributed by atoms with Gasteiger partial charge in [0.1, 0.15) is 0 Å². The van der Waals surface area contributed by atoms with E-state index in [4.69, 9.17) is 0 Å². The van der Waals surface area contributed by atoms with E-state index in [2.05, 4.69) is 5.32 Å². The molecule has 2 N–H and O–H groups in total. The zero-order valence-corrected chi connectivity index (χ0v) is 9.83. The number of hydrogen-bond donors (Lipinski definition) is 2. The Morgan fingerprint density at radius 3 is 2.33 bits per heavy atom. The van der Waals surface area contributed by atoms with Crippen molar-refractivity contribution in [1.82, 2.24) is 10.2 Å². The summed E-state index contributed by atoms with van der Waals surface area (Å²) in [5, 5.41) is 12.0. The summed E-state index contributed by atoms with van der Waals surface area (Å²) >= 11 is 0. The molecule has 0 aromatic carbocycles. The molecule has 0 aliphatic rings. The Hall–Kier alpha value is -1.10. The van der Waals surface area contributed by atoms with Gasteiger partial charge in [-0.1, -0.05) is 0 Å². The number of hydrogen-bond acceptors (Lipinski definition) is 3. The highest BCUT2D eigenvalue weighted by Crippen LogP contribution is 2.03. The number of aliphatic hydroxyl groups is 1. The third-order valence-corrected chi connectivity index (χ3v) is 1.76. The number of rotatable bonds is 5. The first-order valence-corrected chi connectivity index (χ1v) is 4.93. The van der Waals surface area contributed by atoms with E-state index in [0.717, 1.165) is 0 Å². The van der Waals surface area contributed by atoms with E-state index in [1.807, 2.05) is 0 Å². The highest BCUT2D eigenvalue weighted by Gasteiger charge is 2.18. The Bertz CT molecular complexity index is 233. The Morgan fingerprint density at radius 2 is 1.93 bits per heavy atom. The first kappa shape index (κ1) is 13.9. The van der Waals surface area contributed by atoms with Crippen LogP contribution in [0.5, 0.6) is 0 Å². The summed E-state index contributed by atoms with van der Waals surface area (Å²) in [4.78, 5) is 23.5. The zero-order valence-electron chi connectivity index (χ0n) is 9.83. The van der Waals surface area contributed by atoms with Gasteiger partial charge in [-0.15, -0.1) is 0 Å². The average molecular weight is 216 g/mol. The summed E-state index contributed by atoms with van der Waals surface area (Å²) in [6, 6.07) is 0. The van der Waals surface area contributed by atoms with Gasteiger partial charge in [0, 0.05) is 33.5 Å². The van der Waals surface area contributed by atoms with Crippen LogP contribution in [0.3, 0.4) is 0 Å². The number of carbonyl (C=O) groups excluding carboxylic acids is 2. The lowest BCUT2D eigenvalue weighted by Gasteiger charge is -2.25. The molecule has 0 atom stereocenters. The average Bonchev–Trinajstić information content (AvgIpc) is 1.99. The van der Waals surface area contributed by atoms with E-state index in [9.17, 15) is 14.7 Å². The fraction of sp³-hybridized carbons (Fsp3) is 0.800. The summed E-state index contributed by atoms with van der Waals surface area (Å²) in [6.07, 6.45) is 0.256. The fourth-order valence-corrected chi connectivity index (χ4v) is 1.20. The van der Waals surface area contributed by atoms with Crippen molar-refractivity contribution in [3.63, 3.8) is 0 Å². The second-order valence-corrected chi connectivity index (χ2v) is 4.30. The maximum absolute atomic E-state index is 11.5. The molecule has 15 heavy (non-hydrogen) atoms. The van der Waals surface area contributed by atoms with Gasteiger partial charge >= 0.3 is 0 Å². The van der Waals surface area contributed by atoms with Gasteiger partial charge in [-0.25, -0.2) is 0 Å². The van der Waals surface area contributed by atoms with Crippen molar-refractivity contribution in [2.24, 2.45) is 0 Å². The standard InChI is InChI=1S/C10H20N2O3/c1-8(13)11-6-5-9(14)12(4)7-10(2,3)15/h15H,5-7H2,1-4H3,(H,11,13). The summed E-state index contributed by atoms with van der Waals surface area (Å²) in [5.74, 6) is -0.237. The normalized spacial score (nSPS) is 11.0. The molecule has 0 unspecified atom stereocenters. The molecule has 0 saturated heterocycles. The van der Waals surface area contributed by atoms with Crippen LogP contribution in [0.2, 0.25) is 0 Å². The van der Waals surface area contributed by atoms with Gasteiger partial charge in [-0.3, -0.25) is 9.59 Å². The number of carbonyl (C=O) groups is 2.